The number of aryl methyl sites for hydroxylation is 1. The summed E-state index contributed by atoms with van der Waals surface area (Å²) >= 11 is 0. The summed E-state index contributed by atoms with van der Waals surface area (Å²) in [5.41, 5.74) is 1.61. The first-order valence-corrected chi connectivity index (χ1v) is 6.76. The van der Waals surface area contributed by atoms with Gasteiger partial charge in [0.15, 0.2) is 11.6 Å². The molecule has 0 saturated carbocycles. The van der Waals surface area contributed by atoms with Crippen molar-refractivity contribution < 1.29 is 9.53 Å². The van der Waals surface area contributed by atoms with E-state index in [2.05, 4.69) is 16.9 Å². The number of hydrogen-bond acceptors (Lipinski definition) is 4. The zero-order valence-corrected chi connectivity index (χ0v) is 11.1. The Morgan fingerprint density at radius 1 is 1.33 bits per heavy atom. The number of ketones is 1. The highest BCUT2D eigenvalue weighted by molar-refractivity contribution is 5.97. The first kappa shape index (κ1) is 13.1. The Kier molecular flexibility index (Phi) is 4.42. The van der Waals surface area contributed by atoms with Gasteiger partial charge in [-0.05, 0) is 32.6 Å². The smallest absolute Gasteiger partial charge is 0.166 e. The Labute approximate surface area is 108 Å². The van der Waals surface area contributed by atoms with Crippen LogP contribution in [0, 0.1) is 0 Å². The van der Waals surface area contributed by atoms with E-state index in [9.17, 15) is 4.79 Å². The van der Waals surface area contributed by atoms with E-state index in [0.717, 1.165) is 31.4 Å². The van der Waals surface area contributed by atoms with Crippen molar-refractivity contribution in [1.82, 2.24) is 9.97 Å². The van der Waals surface area contributed by atoms with Gasteiger partial charge in [-0.3, -0.25) is 4.79 Å². The quantitative estimate of drug-likeness (QED) is 0.769. The first-order chi connectivity index (χ1) is 8.76. The predicted octanol–water partition coefficient (Wildman–Crippen LogP) is 2.87. The Hall–Kier alpha value is -1.29. The molecule has 0 fully saturated rings. The van der Waals surface area contributed by atoms with E-state index in [-0.39, 0.29) is 11.9 Å². The molecule has 4 nitrogen and oxygen atoms in total. The number of carbonyl (C=O) groups is 1. The molecule has 1 aliphatic carbocycles. The molecule has 18 heavy (non-hydrogen) atoms. The topological polar surface area (TPSA) is 52.1 Å². The molecule has 1 aromatic heterocycles. The van der Waals surface area contributed by atoms with Gasteiger partial charge >= 0.3 is 0 Å². The van der Waals surface area contributed by atoms with Crippen molar-refractivity contribution in [2.24, 2.45) is 0 Å². The van der Waals surface area contributed by atoms with Crippen LogP contribution in [0.1, 0.15) is 67.5 Å². The number of Topliss-reactive ketones (excluding diaryl/α,β-unsaturated/α-hetero) is 1. The minimum atomic E-state index is -0.0568. The average Bonchev–Trinajstić information content (AvgIpc) is 2.58. The molecule has 1 aromatic rings. The molecule has 1 unspecified atom stereocenters. The van der Waals surface area contributed by atoms with E-state index in [1.807, 2.05) is 6.92 Å². The van der Waals surface area contributed by atoms with Crippen molar-refractivity contribution in [2.75, 3.05) is 6.61 Å². The molecular weight excluding hydrogens is 228 g/mol. The van der Waals surface area contributed by atoms with Gasteiger partial charge < -0.3 is 4.74 Å². The number of carbonyl (C=O) groups excluding carboxylic acids is 1. The summed E-state index contributed by atoms with van der Waals surface area (Å²) in [6, 6.07) is 0. The monoisotopic (exact) mass is 248 g/mol. The number of hydrogen-bond donors (Lipinski definition) is 0. The van der Waals surface area contributed by atoms with Gasteiger partial charge in [0.05, 0.1) is 11.3 Å². The van der Waals surface area contributed by atoms with Crippen LogP contribution < -0.4 is 0 Å². The lowest BCUT2D eigenvalue weighted by Gasteiger charge is -2.15. The van der Waals surface area contributed by atoms with Crippen LogP contribution in [0.15, 0.2) is 6.20 Å². The second-order valence-electron chi connectivity index (χ2n) is 4.57. The molecule has 1 aliphatic rings. The molecule has 1 heterocycles. The standard InChI is InChI=1S/C14H20N2O2/c1-3-13(18-4-2)14-15-9-10-11(16-14)7-5-6-8-12(10)17/h9,13H,3-8H2,1-2H3. The van der Waals surface area contributed by atoms with Crippen LogP contribution in [-0.4, -0.2) is 22.4 Å². The van der Waals surface area contributed by atoms with E-state index in [1.54, 1.807) is 6.20 Å². The molecule has 0 radical (unpaired) electrons. The Morgan fingerprint density at radius 2 is 2.11 bits per heavy atom. The molecule has 2 rings (SSSR count). The summed E-state index contributed by atoms with van der Waals surface area (Å²) in [7, 11) is 0. The molecule has 0 aromatic carbocycles. The molecule has 0 N–H and O–H groups in total. The molecule has 0 spiro atoms. The maximum Gasteiger partial charge on any atom is 0.166 e. The van der Waals surface area contributed by atoms with Crippen LogP contribution in [-0.2, 0) is 11.2 Å². The first-order valence-electron chi connectivity index (χ1n) is 6.76. The molecular formula is C14H20N2O2. The largest absolute Gasteiger partial charge is 0.371 e. The van der Waals surface area contributed by atoms with Crippen LogP contribution in [0.4, 0.5) is 0 Å². The Morgan fingerprint density at radius 3 is 2.83 bits per heavy atom. The third-order valence-electron chi connectivity index (χ3n) is 3.28. The zero-order chi connectivity index (χ0) is 13.0. The molecule has 4 heteroatoms. The zero-order valence-electron chi connectivity index (χ0n) is 11.1. The van der Waals surface area contributed by atoms with Crippen LogP contribution in [0.2, 0.25) is 0 Å². The van der Waals surface area contributed by atoms with Crippen molar-refractivity contribution in [3.05, 3.63) is 23.3 Å². The minimum Gasteiger partial charge on any atom is -0.371 e. The summed E-state index contributed by atoms with van der Waals surface area (Å²) in [4.78, 5) is 20.7. The highest BCUT2D eigenvalue weighted by Crippen LogP contribution is 2.22. The van der Waals surface area contributed by atoms with Crippen molar-refractivity contribution in [3.63, 3.8) is 0 Å². The van der Waals surface area contributed by atoms with Gasteiger partial charge in [-0.1, -0.05) is 6.92 Å². The van der Waals surface area contributed by atoms with E-state index in [0.29, 0.717) is 24.4 Å². The van der Waals surface area contributed by atoms with Gasteiger partial charge in [0.25, 0.3) is 0 Å². The lowest BCUT2D eigenvalue weighted by atomic mass is 10.1. The lowest BCUT2D eigenvalue weighted by Crippen LogP contribution is -2.12. The Bertz CT molecular complexity index is 432. The van der Waals surface area contributed by atoms with Gasteiger partial charge in [0.2, 0.25) is 0 Å². The van der Waals surface area contributed by atoms with Crippen molar-refractivity contribution >= 4 is 5.78 Å². The summed E-state index contributed by atoms with van der Waals surface area (Å²) in [6.45, 7) is 4.67. The highest BCUT2D eigenvalue weighted by Gasteiger charge is 2.20. The molecule has 0 bridgehead atoms. The second-order valence-corrected chi connectivity index (χ2v) is 4.57. The van der Waals surface area contributed by atoms with Gasteiger partial charge in [-0.25, -0.2) is 9.97 Å². The molecule has 98 valence electrons. The van der Waals surface area contributed by atoms with Crippen molar-refractivity contribution in [2.45, 2.75) is 52.1 Å². The predicted molar refractivity (Wildman–Crippen MR) is 68.6 cm³/mol. The Balaban J connectivity index is 2.30. The van der Waals surface area contributed by atoms with Gasteiger partial charge in [0.1, 0.15) is 6.10 Å². The van der Waals surface area contributed by atoms with Crippen molar-refractivity contribution in [1.29, 1.82) is 0 Å². The van der Waals surface area contributed by atoms with Gasteiger partial charge in [0, 0.05) is 19.2 Å². The third kappa shape index (κ3) is 2.75. The van der Waals surface area contributed by atoms with E-state index < -0.39 is 0 Å². The maximum absolute atomic E-state index is 11.9. The molecule has 1 atom stereocenters. The fraction of sp³-hybridized carbons (Fsp3) is 0.643. The maximum atomic E-state index is 11.9. The molecule has 0 aliphatic heterocycles. The van der Waals surface area contributed by atoms with E-state index in [4.69, 9.17) is 4.74 Å². The minimum absolute atomic E-state index is 0.0568. The van der Waals surface area contributed by atoms with Crippen LogP contribution in [0.3, 0.4) is 0 Å². The lowest BCUT2D eigenvalue weighted by molar-refractivity contribution is 0.0532. The SMILES string of the molecule is CCOC(CC)c1ncc2c(n1)CCCCC2=O. The second kappa shape index (κ2) is 6.05. The van der Waals surface area contributed by atoms with Crippen LogP contribution in [0.25, 0.3) is 0 Å². The summed E-state index contributed by atoms with van der Waals surface area (Å²) in [5.74, 6) is 0.895. The van der Waals surface area contributed by atoms with E-state index in [1.165, 1.54) is 0 Å². The van der Waals surface area contributed by atoms with E-state index >= 15 is 0 Å². The molecule has 0 saturated heterocycles. The number of rotatable bonds is 4. The van der Waals surface area contributed by atoms with Crippen molar-refractivity contribution in [3.8, 4) is 0 Å². The summed E-state index contributed by atoms with van der Waals surface area (Å²) in [6.07, 6.45) is 5.96. The van der Waals surface area contributed by atoms with Gasteiger partial charge in [-0.15, -0.1) is 0 Å². The number of aromatic nitrogens is 2. The normalized spacial score (nSPS) is 17.1. The summed E-state index contributed by atoms with van der Waals surface area (Å²) < 4.78 is 5.62. The van der Waals surface area contributed by atoms with Crippen LogP contribution >= 0.6 is 0 Å². The number of ether oxygens (including phenoxy) is 1. The highest BCUT2D eigenvalue weighted by atomic mass is 16.5. The third-order valence-corrected chi connectivity index (χ3v) is 3.28. The number of nitrogens with zero attached hydrogens (tertiary/aromatic N) is 2. The fourth-order valence-corrected chi connectivity index (χ4v) is 2.30. The fourth-order valence-electron chi connectivity index (χ4n) is 2.30. The summed E-state index contributed by atoms with van der Waals surface area (Å²) in [5, 5.41) is 0. The molecule has 0 amide bonds. The van der Waals surface area contributed by atoms with Gasteiger partial charge in [-0.2, -0.15) is 0 Å². The number of fused-ring (bicyclic) bond motifs is 1. The average molecular weight is 248 g/mol. The van der Waals surface area contributed by atoms with Crippen LogP contribution in [0.5, 0.6) is 0 Å².